The summed E-state index contributed by atoms with van der Waals surface area (Å²) in [5, 5.41) is 11.1. The van der Waals surface area contributed by atoms with E-state index < -0.39 is 7.60 Å². The Morgan fingerprint density at radius 1 is 0.881 bits per heavy atom. The second kappa shape index (κ2) is 14.6. The van der Waals surface area contributed by atoms with Crippen LogP contribution in [-0.2, 0) is 29.2 Å². The van der Waals surface area contributed by atoms with E-state index >= 15 is 0 Å². The lowest BCUT2D eigenvalue weighted by atomic mass is 9.78. The Morgan fingerprint density at radius 3 is 2.00 bits per heavy atom. The first-order valence-corrected chi connectivity index (χ1v) is 17.8. The number of unbranched alkanes of at least 4 members (excludes halogenated alkanes) is 4. The van der Waals surface area contributed by atoms with Gasteiger partial charge in [0.25, 0.3) is 5.91 Å². The van der Waals surface area contributed by atoms with Crippen molar-refractivity contribution in [1.29, 1.82) is 0 Å². The maximum atomic E-state index is 13.9. The number of aromatic hydroxyl groups is 1. The third kappa shape index (κ3) is 8.98. The fraction of sp³-hybridized carbons (Fsp3) is 0.559. The largest absolute Gasteiger partial charge is 0.507 e. The van der Waals surface area contributed by atoms with Gasteiger partial charge >= 0.3 is 7.60 Å². The molecular formula is C34H50NO5PS. The van der Waals surface area contributed by atoms with Gasteiger partial charge in [0, 0.05) is 22.6 Å². The molecule has 0 aliphatic carbocycles. The van der Waals surface area contributed by atoms with Crippen LogP contribution in [0.25, 0.3) is 6.08 Å². The van der Waals surface area contributed by atoms with E-state index in [-0.39, 0.29) is 16.7 Å². The maximum absolute atomic E-state index is 13.9. The molecule has 0 unspecified atom stereocenters. The first-order chi connectivity index (χ1) is 19.7. The van der Waals surface area contributed by atoms with Gasteiger partial charge in [-0.25, -0.2) is 0 Å². The van der Waals surface area contributed by atoms with Crippen LogP contribution in [0.2, 0.25) is 0 Å². The van der Waals surface area contributed by atoms with E-state index in [1.807, 2.05) is 55.2 Å². The van der Waals surface area contributed by atoms with Gasteiger partial charge < -0.3 is 19.1 Å². The van der Waals surface area contributed by atoms with E-state index in [2.05, 4.69) is 47.6 Å². The van der Waals surface area contributed by atoms with Gasteiger partial charge in [0.05, 0.1) is 30.0 Å². The van der Waals surface area contributed by atoms with Gasteiger partial charge in [0.15, 0.2) is 0 Å². The van der Waals surface area contributed by atoms with Crippen molar-refractivity contribution in [1.82, 2.24) is 0 Å². The lowest BCUT2D eigenvalue weighted by Gasteiger charge is -2.31. The van der Waals surface area contributed by atoms with E-state index in [1.54, 1.807) is 0 Å². The normalized spacial score (nSPS) is 15.4. The average molecular weight is 616 g/mol. The van der Waals surface area contributed by atoms with Crippen LogP contribution in [0.5, 0.6) is 5.75 Å². The summed E-state index contributed by atoms with van der Waals surface area (Å²) >= 11 is 1.51. The van der Waals surface area contributed by atoms with Gasteiger partial charge in [-0.3, -0.25) is 9.36 Å². The molecule has 42 heavy (non-hydrogen) atoms. The Kier molecular flexibility index (Phi) is 12.0. The minimum atomic E-state index is -2.98. The number of fused-ring (bicyclic) bond motifs is 1. The molecule has 0 radical (unpaired) electrons. The summed E-state index contributed by atoms with van der Waals surface area (Å²) in [4.78, 5) is 17.5. The van der Waals surface area contributed by atoms with Crippen molar-refractivity contribution in [2.75, 3.05) is 30.8 Å². The molecule has 0 atom stereocenters. The minimum absolute atomic E-state index is 0.00996. The molecule has 1 aliphatic rings. The van der Waals surface area contributed by atoms with Crippen LogP contribution in [0.3, 0.4) is 0 Å². The molecule has 1 N–H and O–H groups in total. The number of carbonyl (C=O) groups excluding carboxylic acids is 1. The van der Waals surface area contributed by atoms with Crippen molar-refractivity contribution < 1.29 is 23.5 Å². The predicted octanol–water partition coefficient (Wildman–Crippen LogP) is 9.68. The topological polar surface area (TPSA) is 76.1 Å². The minimum Gasteiger partial charge on any atom is -0.507 e. The van der Waals surface area contributed by atoms with Gasteiger partial charge in [0.1, 0.15) is 5.75 Å². The van der Waals surface area contributed by atoms with Crippen LogP contribution in [0.4, 0.5) is 5.69 Å². The van der Waals surface area contributed by atoms with E-state index in [9.17, 15) is 14.5 Å². The highest BCUT2D eigenvalue weighted by atomic mass is 32.2. The monoisotopic (exact) mass is 615 g/mol. The lowest BCUT2D eigenvalue weighted by molar-refractivity contribution is -0.114. The highest BCUT2D eigenvalue weighted by Crippen LogP contribution is 2.49. The predicted molar refractivity (Wildman–Crippen MR) is 177 cm³/mol. The van der Waals surface area contributed by atoms with Crippen LogP contribution in [0.15, 0.2) is 46.2 Å². The first kappa shape index (κ1) is 34.4. The van der Waals surface area contributed by atoms with Crippen LogP contribution in [0.1, 0.15) is 104 Å². The molecule has 1 heterocycles. The summed E-state index contributed by atoms with van der Waals surface area (Å²) in [5.41, 5.74) is 3.15. The number of phenols is 1. The smallest absolute Gasteiger partial charge is 0.330 e. The third-order valence-electron chi connectivity index (χ3n) is 7.34. The van der Waals surface area contributed by atoms with Crippen molar-refractivity contribution in [3.8, 4) is 5.75 Å². The number of hydrogen-bond donors (Lipinski definition) is 1. The van der Waals surface area contributed by atoms with Gasteiger partial charge in [-0.15, -0.1) is 0 Å². The highest BCUT2D eigenvalue weighted by molar-refractivity contribution is 8.04. The van der Waals surface area contributed by atoms with Crippen molar-refractivity contribution in [2.24, 2.45) is 0 Å². The van der Waals surface area contributed by atoms with Crippen molar-refractivity contribution in [3.63, 3.8) is 0 Å². The van der Waals surface area contributed by atoms with Gasteiger partial charge in [-0.05, 0) is 73.4 Å². The zero-order valence-corrected chi connectivity index (χ0v) is 28.5. The van der Waals surface area contributed by atoms with E-state index in [4.69, 9.17) is 9.05 Å². The second-order valence-electron chi connectivity index (χ2n) is 12.9. The third-order valence-corrected chi connectivity index (χ3v) is 10.6. The average Bonchev–Trinajstić information content (AvgIpc) is 2.89. The Balaban J connectivity index is 1.75. The zero-order valence-electron chi connectivity index (χ0n) is 26.8. The second-order valence-corrected chi connectivity index (χ2v) is 16.2. The fourth-order valence-electron chi connectivity index (χ4n) is 5.18. The van der Waals surface area contributed by atoms with Gasteiger partial charge in [-0.2, -0.15) is 0 Å². The molecule has 8 heteroatoms. The zero-order chi connectivity index (χ0) is 31.1. The van der Waals surface area contributed by atoms with Crippen LogP contribution in [0, 0.1) is 0 Å². The molecule has 3 rings (SSSR count). The van der Waals surface area contributed by atoms with Crippen molar-refractivity contribution in [2.45, 2.75) is 103 Å². The molecule has 0 saturated carbocycles. The number of rotatable bonds is 13. The summed E-state index contributed by atoms with van der Waals surface area (Å²) in [6.45, 7) is 17.7. The van der Waals surface area contributed by atoms with Gasteiger partial charge in [-0.1, -0.05) is 84.7 Å². The molecule has 1 aliphatic heterocycles. The Hall–Kier alpha value is -2.05. The molecule has 0 bridgehead atoms. The summed E-state index contributed by atoms with van der Waals surface area (Å²) in [6, 6.07) is 12.1. The number of benzene rings is 2. The number of para-hydroxylation sites is 1. The number of carbonyl (C=O) groups is 1. The molecule has 0 fully saturated rings. The number of amides is 1. The molecule has 232 valence electrons. The van der Waals surface area contributed by atoms with Crippen molar-refractivity contribution >= 4 is 37.0 Å². The number of hydrogen-bond acceptors (Lipinski definition) is 6. The van der Waals surface area contributed by atoms with Gasteiger partial charge in [0.2, 0.25) is 0 Å². The first-order valence-electron chi connectivity index (χ1n) is 15.3. The Bertz CT molecular complexity index is 1260. The van der Waals surface area contributed by atoms with E-state index in [1.165, 1.54) is 11.8 Å². The van der Waals surface area contributed by atoms with E-state index in [0.717, 1.165) is 59.4 Å². The lowest BCUT2D eigenvalue weighted by Crippen LogP contribution is -2.35. The number of nitrogens with zero attached hydrogens (tertiary/aromatic N) is 1. The maximum Gasteiger partial charge on any atom is 0.330 e. The standard InChI is InChI=1S/C34H50NO5PS/c1-9-39-41(38,40-10-2)21-17-13-11-12-16-20-35-28-18-14-15-19-29(28)42-30(32(35)37)24-25-22-26(33(3,4)5)31(36)27(23-25)34(6,7)8/h14-15,18-19,22-24,36H,9-13,16-17,20-21H2,1-8H3. The molecule has 0 aromatic heterocycles. The van der Waals surface area contributed by atoms with Crippen molar-refractivity contribution in [3.05, 3.63) is 58.0 Å². The molecular weight excluding hydrogens is 565 g/mol. The number of thioether (sulfide) groups is 1. The summed E-state index contributed by atoms with van der Waals surface area (Å²) in [5.74, 6) is 0.348. The summed E-state index contributed by atoms with van der Waals surface area (Å²) in [6.07, 6.45) is 7.03. The van der Waals surface area contributed by atoms with Crippen LogP contribution < -0.4 is 4.90 Å². The fourth-order valence-corrected chi connectivity index (χ4v) is 7.97. The molecule has 0 saturated heterocycles. The molecule has 6 nitrogen and oxygen atoms in total. The molecule has 2 aromatic carbocycles. The molecule has 2 aromatic rings. The summed E-state index contributed by atoms with van der Waals surface area (Å²) in [7, 11) is -2.98. The molecule has 0 spiro atoms. The quantitative estimate of drug-likeness (QED) is 0.137. The Labute approximate surface area is 257 Å². The van der Waals surface area contributed by atoms with E-state index in [0.29, 0.717) is 36.6 Å². The number of anilines is 1. The number of phenolic OH excluding ortho intramolecular Hbond substituents is 1. The SMILES string of the molecule is CCOP(=O)(CCCCCCCN1C(=O)C(=Cc2cc(C(C)(C)C)c(O)c(C(C)(C)C)c2)Sc2ccccc21)OCC. The van der Waals surface area contributed by atoms with Crippen LogP contribution in [-0.4, -0.2) is 36.9 Å². The Morgan fingerprint density at radius 2 is 1.43 bits per heavy atom. The summed E-state index contributed by atoms with van der Waals surface area (Å²) < 4.78 is 23.5. The molecule has 1 amide bonds. The highest BCUT2D eigenvalue weighted by Gasteiger charge is 2.30. The van der Waals surface area contributed by atoms with Crippen LogP contribution >= 0.6 is 19.4 Å².